The molecule has 1 saturated heterocycles. The van der Waals surface area contributed by atoms with E-state index in [0.717, 1.165) is 26.1 Å². The molecular weight excluding hydrogens is 202 g/mol. The van der Waals surface area contributed by atoms with Gasteiger partial charge in [0.2, 0.25) is 5.91 Å². The van der Waals surface area contributed by atoms with Crippen LogP contribution in [0.5, 0.6) is 0 Å². The van der Waals surface area contributed by atoms with Crippen LogP contribution in [0.1, 0.15) is 27.2 Å². The quantitative estimate of drug-likeness (QED) is 0.732. The summed E-state index contributed by atoms with van der Waals surface area (Å²) in [5.74, 6) is 0.731. The molecule has 0 saturated carbocycles. The van der Waals surface area contributed by atoms with Crippen LogP contribution in [0.4, 0.5) is 0 Å². The molecule has 0 spiro atoms. The van der Waals surface area contributed by atoms with Gasteiger partial charge in [0.25, 0.3) is 0 Å². The van der Waals surface area contributed by atoms with Crippen LogP contribution in [0.25, 0.3) is 0 Å². The Morgan fingerprint density at radius 2 is 2.25 bits per heavy atom. The van der Waals surface area contributed by atoms with Gasteiger partial charge >= 0.3 is 0 Å². The number of carbonyl (C=O) groups is 1. The number of likely N-dealkylation sites (tertiary alicyclic amines) is 1. The van der Waals surface area contributed by atoms with Gasteiger partial charge in [0.05, 0.1) is 6.04 Å². The molecule has 3 unspecified atom stereocenters. The smallest absolute Gasteiger partial charge is 0.236 e. The third-order valence-electron chi connectivity index (χ3n) is 3.58. The highest BCUT2D eigenvalue weighted by Crippen LogP contribution is 2.18. The Morgan fingerprint density at radius 3 is 2.75 bits per heavy atom. The summed E-state index contributed by atoms with van der Waals surface area (Å²) < 4.78 is 0. The average Bonchev–Trinajstić information content (AvgIpc) is 2.30. The van der Waals surface area contributed by atoms with Gasteiger partial charge in [-0.1, -0.05) is 13.8 Å². The summed E-state index contributed by atoms with van der Waals surface area (Å²) in [7, 11) is 1.70. The third-order valence-corrected chi connectivity index (χ3v) is 3.58. The maximum Gasteiger partial charge on any atom is 0.236 e. The van der Waals surface area contributed by atoms with Crippen LogP contribution in [-0.2, 0) is 4.79 Å². The molecular formula is C12H25N3O. The van der Waals surface area contributed by atoms with Crippen molar-refractivity contribution in [2.45, 2.75) is 39.3 Å². The van der Waals surface area contributed by atoms with Crippen molar-refractivity contribution in [3.63, 3.8) is 0 Å². The van der Waals surface area contributed by atoms with Gasteiger partial charge in [-0.05, 0) is 25.8 Å². The minimum Gasteiger partial charge on any atom is -0.358 e. The molecule has 2 N–H and O–H groups in total. The van der Waals surface area contributed by atoms with Crippen LogP contribution < -0.4 is 10.6 Å². The van der Waals surface area contributed by atoms with Gasteiger partial charge in [0, 0.05) is 26.2 Å². The molecule has 0 radical (unpaired) electrons. The SMILES string of the molecule is CCNC1CCN(C(C)C(=O)NC)CC1C. The lowest BCUT2D eigenvalue weighted by Crippen LogP contribution is -2.54. The molecule has 1 aliphatic heterocycles. The van der Waals surface area contributed by atoms with E-state index in [2.05, 4.69) is 29.4 Å². The standard InChI is InChI=1S/C12H25N3O/c1-5-14-11-6-7-15(8-9(11)2)10(3)12(16)13-4/h9-11,14H,5-8H2,1-4H3,(H,13,16). The number of nitrogens with zero attached hydrogens (tertiary/aromatic N) is 1. The molecule has 1 amide bonds. The first kappa shape index (κ1) is 13.5. The summed E-state index contributed by atoms with van der Waals surface area (Å²) in [5.41, 5.74) is 0. The Bertz CT molecular complexity index is 232. The van der Waals surface area contributed by atoms with Crippen molar-refractivity contribution in [2.75, 3.05) is 26.7 Å². The Morgan fingerprint density at radius 1 is 1.56 bits per heavy atom. The van der Waals surface area contributed by atoms with Crippen molar-refractivity contribution in [1.29, 1.82) is 0 Å². The lowest BCUT2D eigenvalue weighted by molar-refractivity contribution is -0.126. The number of nitrogens with one attached hydrogen (secondary N) is 2. The lowest BCUT2D eigenvalue weighted by Gasteiger charge is -2.39. The van der Waals surface area contributed by atoms with E-state index >= 15 is 0 Å². The largest absolute Gasteiger partial charge is 0.358 e. The fourth-order valence-electron chi connectivity index (χ4n) is 2.47. The predicted octanol–water partition coefficient (Wildman–Crippen LogP) is 0.441. The Hall–Kier alpha value is -0.610. The molecule has 0 aliphatic carbocycles. The Balaban J connectivity index is 2.47. The van der Waals surface area contributed by atoms with E-state index in [1.165, 1.54) is 0 Å². The summed E-state index contributed by atoms with van der Waals surface area (Å²) in [5, 5.41) is 6.23. The summed E-state index contributed by atoms with van der Waals surface area (Å²) >= 11 is 0. The van der Waals surface area contributed by atoms with Gasteiger partial charge in [0.15, 0.2) is 0 Å². The van der Waals surface area contributed by atoms with Gasteiger partial charge in [0.1, 0.15) is 0 Å². The highest BCUT2D eigenvalue weighted by atomic mass is 16.2. The molecule has 16 heavy (non-hydrogen) atoms. The second-order valence-electron chi connectivity index (χ2n) is 4.72. The number of amides is 1. The van der Waals surface area contributed by atoms with Gasteiger partial charge in [-0.15, -0.1) is 0 Å². The molecule has 94 valence electrons. The zero-order valence-corrected chi connectivity index (χ0v) is 10.9. The first-order chi connectivity index (χ1) is 7.60. The number of rotatable bonds is 4. The van der Waals surface area contributed by atoms with Crippen molar-refractivity contribution in [2.24, 2.45) is 5.92 Å². The van der Waals surface area contributed by atoms with Crippen molar-refractivity contribution < 1.29 is 4.79 Å². The highest BCUT2D eigenvalue weighted by Gasteiger charge is 2.29. The minimum absolute atomic E-state index is 0.00461. The second-order valence-corrected chi connectivity index (χ2v) is 4.72. The Kier molecular flexibility index (Phi) is 5.22. The molecule has 1 heterocycles. The molecule has 1 aliphatic rings. The monoisotopic (exact) mass is 227 g/mol. The van der Waals surface area contributed by atoms with E-state index in [-0.39, 0.29) is 11.9 Å². The molecule has 1 fully saturated rings. The van der Waals surface area contributed by atoms with E-state index in [0.29, 0.717) is 12.0 Å². The maximum absolute atomic E-state index is 11.6. The first-order valence-corrected chi connectivity index (χ1v) is 6.29. The fourth-order valence-corrected chi connectivity index (χ4v) is 2.47. The van der Waals surface area contributed by atoms with E-state index in [4.69, 9.17) is 0 Å². The summed E-state index contributed by atoms with van der Waals surface area (Å²) in [6, 6.07) is 0.605. The molecule has 0 aromatic rings. The number of likely N-dealkylation sites (N-methyl/N-ethyl adjacent to an activating group) is 1. The Labute approximate surface area is 98.8 Å². The van der Waals surface area contributed by atoms with Crippen molar-refractivity contribution in [3.8, 4) is 0 Å². The number of hydrogen-bond donors (Lipinski definition) is 2. The van der Waals surface area contributed by atoms with Crippen LogP contribution in [-0.4, -0.2) is 49.6 Å². The van der Waals surface area contributed by atoms with Crippen molar-refractivity contribution in [1.82, 2.24) is 15.5 Å². The molecule has 0 aromatic heterocycles. The molecule has 0 bridgehead atoms. The van der Waals surface area contributed by atoms with Gasteiger partial charge in [-0.2, -0.15) is 0 Å². The van der Waals surface area contributed by atoms with E-state index in [1.807, 2.05) is 6.92 Å². The number of carbonyl (C=O) groups excluding carboxylic acids is 1. The minimum atomic E-state index is -0.00461. The topological polar surface area (TPSA) is 44.4 Å². The molecule has 4 nitrogen and oxygen atoms in total. The first-order valence-electron chi connectivity index (χ1n) is 6.29. The fraction of sp³-hybridized carbons (Fsp3) is 0.917. The summed E-state index contributed by atoms with van der Waals surface area (Å²) in [6.45, 7) is 9.43. The van der Waals surface area contributed by atoms with Crippen LogP contribution in [0.3, 0.4) is 0 Å². The predicted molar refractivity (Wildman–Crippen MR) is 66.3 cm³/mol. The third kappa shape index (κ3) is 3.19. The molecule has 1 rings (SSSR count). The van der Waals surface area contributed by atoms with Crippen LogP contribution >= 0.6 is 0 Å². The molecule has 0 aromatic carbocycles. The normalized spacial score (nSPS) is 28.8. The molecule has 3 atom stereocenters. The van der Waals surface area contributed by atoms with E-state index in [1.54, 1.807) is 7.05 Å². The lowest BCUT2D eigenvalue weighted by atomic mass is 9.93. The van der Waals surface area contributed by atoms with Crippen LogP contribution in [0.2, 0.25) is 0 Å². The zero-order valence-electron chi connectivity index (χ0n) is 10.9. The zero-order chi connectivity index (χ0) is 12.1. The maximum atomic E-state index is 11.6. The highest BCUT2D eigenvalue weighted by molar-refractivity contribution is 5.80. The van der Waals surface area contributed by atoms with Crippen molar-refractivity contribution in [3.05, 3.63) is 0 Å². The van der Waals surface area contributed by atoms with E-state index in [9.17, 15) is 4.79 Å². The second kappa shape index (κ2) is 6.21. The van der Waals surface area contributed by atoms with Gasteiger partial charge < -0.3 is 10.6 Å². The van der Waals surface area contributed by atoms with Crippen molar-refractivity contribution >= 4 is 5.91 Å². The van der Waals surface area contributed by atoms with Crippen LogP contribution in [0.15, 0.2) is 0 Å². The number of hydrogen-bond acceptors (Lipinski definition) is 3. The summed E-state index contributed by atoms with van der Waals surface area (Å²) in [4.78, 5) is 13.8. The van der Waals surface area contributed by atoms with Gasteiger partial charge in [-0.25, -0.2) is 0 Å². The molecule has 4 heteroatoms. The average molecular weight is 227 g/mol. The summed E-state index contributed by atoms with van der Waals surface area (Å²) in [6.07, 6.45) is 1.14. The van der Waals surface area contributed by atoms with Crippen LogP contribution in [0, 0.1) is 5.92 Å². The van der Waals surface area contributed by atoms with E-state index < -0.39 is 0 Å². The van der Waals surface area contributed by atoms with Gasteiger partial charge in [-0.3, -0.25) is 9.69 Å². The number of piperidine rings is 1.